The first-order valence-electron chi connectivity index (χ1n) is 9.36. The molecule has 8 nitrogen and oxygen atoms in total. The summed E-state index contributed by atoms with van der Waals surface area (Å²) in [7, 11) is 0. The van der Waals surface area contributed by atoms with Gasteiger partial charge >= 0.3 is 5.97 Å². The molecular formula is C19H23NO7. The lowest BCUT2D eigenvalue weighted by Gasteiger charge is -2.39. The van der Waals surface area contributed by atoms with E-state index in [2.05, 4.69) is 0 Å². The van der Waals surface area contributed by atoms with Gasteiger partial charge in [-0.25, -0.2) is 0 Å². The molecule has 0 radical (unpaired) electrons. The van der Waals surface area contributed by atoms with E-state index in [4.69, 9.17) is 18.9 Å². The Balaban J connectivity index is 1.17. The normalized spacial score (nSPS) is 42.3. The molecule has 3 aliphatic heterocycles. The highest BCUT2D eigenvalue weighted by Crippen LogP contribution is 2.67. The summed E-state index contributed by atoms with van der Waals surface area (Å²) in [5.41, 5.74) is -1.24. The first kappa shape index (κ1) is 17.3. The van der Waals surface area contributed by atoms with Gasteiger partial charge in [0, 0.05) is 5.92 Å². The van der Waals surface area contributed by atoms with E-state index >= 15 is 0 Å². The van der Waals surface area contributed by atoms with E-state index in [-0.39, 0.29) is 61.7 Å². The number of imide groups is 1. The Bertz CT molecular complexity index is 764. The summed E-state index contributed by atoms with van der Waals surface area (Å²) in [6.45, 7) is 5.71. The Hall–Kier alpha value is -1.77. The largest absolute Gasteiger partial charge is 0.463 e. The van der Waals surface area contributed by atoms with Gasteiger partial charge in [-0.05, 0) is 20.8 Å². The van der Waals surface area contributed by atoms with Crippen LogP contribution in [0, 0.1) is 23.2 Å². The number of nitrogens with zero attached hydrogens (tertiary/aromatic N) is 1. The Morgan fingerprint density at radius 1 is 1.19 bits per heavy atom. The van der Waals surface area contributed by atoms with Gasteiger partial charge in [0.25, 0.3) is 0 Å². The molecule has 5 atom stereocenters. The lowest BCUT2D eigenvalue weighted by molar-refractivity contribution is -0.281. The van der Waals surface area contributed by atoms with Crippen molar-refractivity contribution in [2.75, 3.05) is 26.4 Å². The topological polar surface area (TPSA) is 94.7 Å². The molecule has 2 aliphatic carbocycles. The third kappa shape index (κ3) is 2.23. The maximum Gasteiger partial charge on any atom is 0.316 e. The molecule has 5 rings (SSSR count). The van der Waals surface area contributed by atoms with Crippen molar-refractivity contribution in [3.63, 3.8) is 0 Å². The molecule has 8 heteroatoms. The number of carbonyl (C=O) groups excluding carboxylic acids is 3. The van der Waals surface area contributed by atoms with Crippen molar-refractivity contribution in [3.8, 4) is 0 Å². The number of carbonyl (C=O) groups is 3. The van der Waals surface area contributed by atoms with Crippen LogP contribution in [0.1, 0.15) is 20.8 Å². The molecule has 146 valence electrons. The van der Waals surface area contributed by atoms with Crippen LogP contribution in [0.3, 0.4) is 0 Å². The summed E-state index contributed by atoms with van der Waals surface area (Å²) in [5.74, 6) is -2.27. The maximum absolute atomic E-state index is 12.7. The van der Waals surface area contributed by atoms with E-state index in [1.54, 1.807) is 20.8 Å². The van der Waals surface area contributed by atoms with Gasteiger partial charge in [0.1, 0.15) is 23.7 Å². The number of hydrogen-bond donors (Lipinski definition) is 0. The monoisotopic (exact) mass is 377 g/mol. The Morgan fingerprint density at radius 2 is 1.85 bits per heavy atom. The van der Waals surface area contributed by atoms with Crippen LogP contribution in [0.2, 0.25) is 0 Å². The predicted molar refractivity (Wildman–Crippen MR) is 89.0 cm³/mol. The molecule has 27 heavy (non-hydrogen) atoms. The molecule has 1 saturated carbocycles. The number of ether oxygens (including phenoxy) is 4. The predicted octanol–water partition coefficient (Wildman–Crippen LogP) is 0.257. The average Bonchev–Trinajstić information content (AvgIpc) is 3.27. The first-order chi connectivity index (χ1) is 12.7. The van der Waals surface area contributed by atoms with Gasteiger partial charge < -0.3 is 18.9 Å². The molecule has 5 aliphatic rings. The number of esters is 1. The zero-order valence-electron chi connectivity index (χ0n) is 15.6. The number of fused-ring (bicyclic) bond motifs is 3. The zero-order valence-corrected chi connectivity index (χ0v) is 15.6. The fourth-order valence-electron chi connectivity index (χ4n) is 4.70. The summed E-state index contributed by atoms with van der Waals surface area (Å²) < 4.78 is 22.1. The summed E-state index contributed by atoms with van der Waals surface area (Å²) in [4.78, 5) is 39.0. The van der Waals surface area contributed by atoms with Crippen LogP contribution in [0.25, 0.3) is 0 Å². The van der Waals surface area contributed by atoms with Crippen LogP contribution in [0.15, 0.2) is 12.2 Å². The molecular weight excluding hydrogens is 354 g/mol. The van der Waals surface area contributed by atoms with E-state index in [0.717, 1.165) is 0 Å². The minimum absolute atomic E-state index is 0.00954. The molecule has 0 aromatic heterocycles. The van der Waals surface area contributed by atoms with Gasteiger partial charge in [-0.2, -0.15) is 0 Å². The molecule has 5 unspecified atom stereocenters. The van der Waals surface area contributed by atoms with Crippen LogP contribution in [0.4, 0.5) is 0 Å². The lowest BCUT2D eigenvalue weighted by atomic mass is 9.78. The fraction of sp³-hybridized carbons (Fsp3) is 0.737. The van der Waals surface area contributed by atoms with Crippen LogP contribution in [0.5, 0.6) is 0 Å². The van der Waals surface area contributed by atoms with Crippen LogP contribution >= 0.6 is 0 Å². The molecule has 0 aromatic rings. The SMILES string of the molecule is CC1(C)OCC(C)(C(=O)OCCN2C(=O)C3C(C2=O)C2OC24C=CC34)CO1. The van der Waals surface area contributed by atoms with Crippen LogP contribution in [-0.2, 0) is 33.3 Å². The van der Waals surface area contributed by atoms with Gasteiger partial charge in [-0.3, -0.25) is 19.3 Å². The molecule has 0 N–H and O–H groups in total. The first-order valence-corrected chi connectivity index (χ1v) is 9.36. The second kappa shape index (κ2) is 5.18. The summed E-state index contributed by atoms with van der Waals surface area (Å²) in [6, 6.07) is 0. The van der Waals surface area contributed by atoms with E-state index in [0.29, 0.717) is 0 Å². The summed E-state index contributed by atoms with van der Waals surface area (Å²) in [5, 5.41) is 0. The molecule has 4 fully saturated rings. The highest BCUT2D eigenvalue weighted by Gasteiger charge is 2.80. The molecule has 3 saturated heterocycles. The quantitative estimate of drug-likeness (QED) is 0.300. The smallest absolute Gasteiger partial charge is 0.316 e. The average molecular weight is 377 g/mol. The summed E-state index contributed by atoms with van der Waals surface area (Å²) >= 11 is 0. The van der Waals surface area contributed by atoms with E-state index in [1.807, 2.05) is 12.2 Å². The summed E-state index contributed by atoms with van der Waals surface area (Å²) in [6.07, 6.45) is 3.76. The Labute approximate surface area is 156 Å². The number of likely N-dealkylation sites (tertiary alicyclic amines) is 1. The Kier molecular flexibility index (Phi) is 3.33. The van der Waals surface area contributed by atoms with E-state index in [9.17, 15) is 14.4 Å². The van der Waals surface area contributed by atoms with Crippen LogP contribution < -0.4 is 0 Å². The molecule has 0 aromatic carbocycles. The van der Waals surface area contributed by atoms with E-state index in [1.165, 1.54) is 4.90 Å². The van der Waals surface area contributed by atoms with Crippen LogP contribution in [-0.4, -0.2) is 66.5 Å². The van der Waals surface area contributed by atoms with Crippen molar-refractivity contribution in [3.05, 3.63) is 12.2 Å². The highest BCUT2D eigenvalue weighted by atomic mass is 16.7. The minimum atomic E-state index is -0.900. The van der Waals surface area contributed by atoms with Crippen molar-refractivity contribution < 1.29 is 33.3 Å². The van der Waals surface area contributed by atoms with Crippen molar-refractivity contribution in [2.24, 2.45) is 23.2 Å². The minimum Gasteiger partial charge on any atom is -0.463 e. The zero-order chi connectivity index (χ0) is 19.2. The third-order valence-electron chi connectivity index (χ3n) is 6.52. The highest BCUT2D eigenvalue weighted by molar-refractivity contribution is 6.07. The van der Waals surface area contributed by atoms with Crippen molar-refractivity contribution in [1.82, 2.24) is 4.90 Å². The second-order valence-corrected chi connectivity index (χ2v) is 8.83. The third-order valence-corrected chi connectivity index (χ3v) is 6.52. The maximum atomic E-state index is 12.7. The molecule has 0 bridgehead atoms. The Morgan fingerprint density at radius 3 is 2.48 bits per heavy atom. The second-order valence-electron chi connectivity index (χ2n) is 8.83. The molecule has 3 heterocycles. The van der Waals surface area contributed by atoms with Crippen molar-refractivity contribution in [1.29, 1.82) is 0 Å². The van der Waals surface area contributed by atoms with Gasteiger partial charge in [0.15, 0.2) is 5.79 Å². The van der Waals surface area contributed by atoms with Crippen molar-refractivity contribution >= 4 is 17.8 Å². The van der Waals surface area contributed by atoms with Gasteiger partial charge in [-0.15, -0.1) is 0 Å². The number of rotatable bonds is 4. The number of hydrogen-bond acceptors (Lipinski definition) is 7. The van der Waals surface area contributed by atoms with E-state index < -0.39 is 23.1 Å². The van der Waals surface area contributed by atoms with Gasteiger partial charge in [0.2, 0.25) is 11.8 Å². The standard InChI is InChI=1S/C19H23NO7/c1-17(2)25-8-18(3,9-26-17)16(23)24-7-6-20-14(21)11-10-4-5-19(10)13(27-19)12(11)15(20)22/h4-5,10-13H,6-9H2,1-3H3. The number of amides is 2. The van der Waals surface area contributed by atoms with Crippen molar-refractivity contribution in [2.45, 2.75) is 38.3 Å². The molecule has 2 amide bonds. The van der Waals surface area contributed by atoms with Gasteiger partial charge in [-0.1, -0.05) is 12.2 Å². The lowest BCUT2D eigenvalue weighted by Crippen LogP contribution is -2.50. The van der Waals surface area contributed by atoms with Gasteiger partial charge in [0.05, 0.1) is 31.6 Å². The fourth-order valence-corrected chi connectivity index (χ4v) is 4.70. The number of epoxide rings is 1. The molecule has 1 spiro atoms.